The molecule has 1 aromatic carbocycles. The van der Waals surface area contributed by atoms with E-state index in [1.165, 1.54) is 11.1 Å². The van der Waals surface area contributed by atoms with E-state index in [1.54, 1.807) is 0 Å². The molecule has 0 fully saturated rings. The summed E-state index contributed by atoms with van der Waals surface area (Å²) in [5.74, 6) is 1.47. The van der Waals surface area contributed by atoms with Gasteiger partial charge in [-0.2, -0.15) is 0 Å². The maximum Gasteiger partial charge on any atom is 0.134 e. The van der Waals surface area contributed by atoms with Crippen molar-refractivity contribution >= 4 is 0 Å². The zero-order valence-electron chi connectivity index (χ0n) is 10.5. The average Bonchev–Trinajstić information content (AvgIpc) is 2.80. The molecule has 2 heteroatoms. The normalized spacial score (nSPS) is 12.7. The van der Waals surface area contributed by atoms with Gasteiger partial charge in [-0.15, -0.1) is 0 Å². The van der Waals surface area contributed by atoms with Crippen molar-refractivity contribution < 1.29 is 9.52 Å². The van der Waals surface area contributed by atoms with E-state index in [0.717, 1.165) is 11.3 Å². The molecule has 0 amide bonds. The highest BCUT2D eigenvalue weighted by Gasteiger charge is 2.12. The molecule has 0 bridgehead atoms. The first-order valence-corrected chi connectivity index (χ1v) is 5.97. The lowest BCUT2D eigenvalue weighted by molar-refractivity contribution is 0.147. The SMILES string of the molecule is CCC(O)c1ccc(-c2cc(C)ccc2C)o1. The van der Waals surface area contributed by atoms with Crippen LogP contribution in [-0.2, 0) is 0 Å². The maximum atomic E-state index is 9.72. The van der Waals surface area contributed by atoms with Gasteiger partial charge in [0.2, 0.25) is 0 Å². The molecular formula is C15H18O2. The van der Waals surface area contributed by atoms with Crippen LogP contribution in [0.15, 0.2) is 34.7 Å². The number of rotatable bonds is 3. The second-order valence-electron chi connectivity index (χ2n) is 4.44. The van der Waals surface area contributed by atoms with E-state index >= 15 is 0 Å². The fraction of sp³-hybridized carbons (Fsp3) is 0.333. The summed E-state index contributed by atoms with van der Waals surface area (Å²) < 4.78 is 5.71. The largest absolute Gasteiger partial charge is 0.458 e. The molecule has 0 aliphatic heterocycles. The highest BCUT2D eigenvalue weighted by molar-refractivity contribution is 5.63. The van der Waals surface area contributed by atoms with Crippen LogP contribution >= 0.6 is 0 Å². The van der Waals surface area contributed by atoms with Crippen LogP contribution in [0.3, 0.4) is 0 Å². The monoisotopic (exact) mass is 230 g/mol. The van der Waals surface area contributed by atoms with E-state index in [0.29, 0.717) is 12.2 Å². The zero-order chi connectivity index (χ0) is 12.4. The van der Waals surface area contributed by atoms with Gasteiger partial charge in [0, 0.05) is 5.56 Å². The molecule has 90 valence electrons. The molecule has 2 nitrogen and oxygen atoms in total. The first-order chi connectivity index (χ1) is 8.11. The molecular weight excluding hydrogens is 212 g/mol. The van der Waals surface area contributed by atoms with E-state index in [-0.39, 0.29) is 0 Å². The van der Waals surface area contributed by atoms with Crippen molar-refractivity contribution in [1.82, 2.24) is 0 Å². The number of furan rings is 1. The van der Waals surface area contributed by atoms with Gasteiger partial charge < -0.3 is 9.52 Å². The summed E-state index contributed by atoms with van der Waals surface area (Å²) in [5.41, 5.74) is 3.49. The number of hydrogen-bond acceptors (Lipinski definition) is 2. The molecule has 0 aliphatic carbocycles. The second kappa shape index (κ2) is 4.76. The number of aliphatic hydroxyl groups excluding tert-OH is 1. The Kier molecular flexibility index (Phi) is 3.34. The molecule has 0 saturated carbocycles. The van der Waals surface area contributed by atoms with Crippen LogP contribution in [0.5, 0.6) is 0 Å². The fourth-order valence-corrected chi connectivity index (χ4v) is 1.88. The first-order valence-electron chi connectivity index (χ1n) is 5.97. The molecule has 0 saturated heterocycles. The van der Waals surface area contributed by atoms with Crippen molar-refractivity contribution in [3.63, 3.8) is 0 Å². The lowest BCUT2D eigenvalue weighted by atomic mass is 10.0. The van der Waals surface area contributed by atoms with Gasteiger partial charge in [0.15, 0.2) is 0 Å². The van der Waals surface area contributed by atoms with E-state index in [1.807, 2.05) is 19.1 Å². The molecule has 1 heterocycles. The Morgan fingerprint density at radius 3 is 2.65 bits per heavy atom. The predicted molar refractivity (Wildman–Crippen MR) is 68.9 cm³/mol. The summed E-state index contributed by atoms with van der Waals surface area (Å²) in [5, 5.41) is 9.72. The van der Waals surface area contributed by atoms with Crippen LogP contribution in [0, 0.1) is 13.8 Å². The molecule has 1 atom stereocenters. The summed E-state index contributed by atoms with van der Waals surface area (Å²) in [6, 6.07) is 10.1. The van der Waals surface area contributed by atoms with Crippen molar-refractivity contribution in [2.75, 3.05) is 0 Å². The lowest BCUT2D eigenvalue weighted by Crippen LogP contribution is -1.91. The Bertz CT molecular complexity index is 511. The van der Waals surface area contributed by atoms with Crippen LogP contribution in [0.1, 0.15) is 36.3 Å². The molecule has 17 heavy (non-hydrogen) atoms. The Morgan fingerprint density at radius 2 is 1.94 bits per heavy atom. The number of aryl methyl sites for hydroxylation is 2. The smallest absolute Gasteiger partial charge is 0.134 e. The third kappa shape index (κ3) is 2.42. The second-order valence-corrected chi connectivity index (χ2v) is 4.44. The third-order valence-corrected chi connectivity index (χ3v) is 3.00. The van der Waals surface area contributed by atoms with Crippen LogP contribution in [0.2, 0.25) is 0 Å². The van der Waals surface area contributed by atoms with Gasteiger partial charge in [0.05, 0.1) is 0 Å². The van der Waals surface area contributed by atoms with Gasteiger partial charge >= 0.3 is 0 Å². The predicted octanol–water partition coefficient (Wildman–Crippen LogP) is 4.01. The molecule has 2 rings (SSSR count). The summed E-state index contributed by atoms with van der Waals surface area (Å²) in [6.45, 7) is 6.06. The van der Waals surface area contributed by atoms with E-state index in [9.17, 15) is 5.11 Å². The lowest BCUT2D eigenvalue weighted by Gasteiger charge is -2.05. The van der Waals surface area contributed by atoms with Gasteiger partial charge in [-0.25, -0.2) is 0 Å². The Hall–Kier alpha value is -1.54. The fourth-order valence-electron chi connectivity index (χ4n) is 1.88. The Labute approximate surface area is 102 Å². The standard InChI is InChI=1S/C15H18O2/c1-4-13(16)15-8-7-14(17-15)12-9-10(2)5-6-11(12)3/h5-9,13,16H,4H2,1-3H3. The van der Waals surface area contributed by atoms with Crippen molar-refractivity contribution in [2.45, 2.75) is 33.3 Å². The van der Waals surface area contributed by atoms with Gasteiger partial charge in [-0.05, 0) is 44.0 Å². The minimum atomic E-state index is -0.506. The zero-order valence-corrected chi connectivity index (χ0v) is 10.5. The molecule has 1 aromatic heterocycles. The highest BCUT2D eigenvalue weighted by Crippen LogP contribution is 2.29. The summed E-state index contributed by atoms with van der Waals surface area (Å²) >= 11 is 0. The summed E-state index contributed by atoms with van der Waals surface area (Å²) in [4.78, 5) is 0. The quantitative estimate of drug-likeness (QED) is 0.864. The van der Waals surface area contributed by atoms with Crippen molar-refractivity contribution in [2.24, 2.45) is 0 Å². The molecule has 1 unspecified atom stereocenters. The first kappa shape index (κ1) is 11.9. The van der Waals surface area contributed by atoms with Crippen LogP contribution < -0.4 is 0 Å². The molecule has 0 aliphatic rings. The summed E-state index contributed by atoms with van der Waals surface area (Å²) in [6.07, 6.45) is 0.161. The van der Waals surface area contributed by atoms with E-state index in [4.69, 9.17) is 4.42 Å². The highest BCUT2D eigenvalue weighted by atomic mass is 16.4. The minimum Gasteiger partial charge on any atom is -0.458 e. The van der Waals surface area contributed by atoms with E-state index < -0.39 is 6.10 Å². The maximum absolute atomic E-state index is 9.72. The van der Waals surface area contributed by atoms with Gasteiger partial charge in [-0.1, -0.05) is 24.6 Å². The average molecular weight is 230 g/mol. The molecule has 1 N–H and O–H groups in total. The topological polar surface area (TPSA) is 33.4 Å². The van der Waals surface area contributed by atoms with Gasteiger partial charge in [-0.3, -0.25) is 0 Å². The number of aliphatic hydroxyl groups is 1. The van der Waals surface area contributed by atoms with Crippen LogP contribution in [-0.4, -0.2) is 5.11 Å². The van der Waals surface area contributed by atoms with Crippen molar-refractivity contribution in [3.05, 3.63) is 47.2 Å². The van der Waals surface area contributed by atoms with Crippen molar-refractivity contribution in [1.29, 1.82) is 0 Å². The van der Waals surface area contributed by atoms with Crippen molar-refractivity contribution in [3.8, 4) is 11.3 Å². The van der Waals surface area contributed by atoms with Gasteiger partial charge in [0.1, 0.15) is 17.6 Å². The molecule has 0 spiro atoms. The van der Waals surface area contributed by atoms with Crippen LogP contribution in [0.4, 0.5) is 0 Å². The van der Waals surface area contributed by atoms with Crippen LogP contribution in [0.25, 0.3) is 11.3 Å². The molecule has 0 radical (unpaired) electrons. The number of benzene rings is 1. The minimum absolute atomic E-state index is 0.506. The summed E-state index contributed by atoms with van der Waals surface area (Å²) in [7, 11) is 0. The number of hydrogen-bond donors (Lipinski definition) is 1. The third-order valence-electron chi connectivity index (χ3n) is 3.00. The van der Waals surface area contributed by atoms with Gasteiger partial charge in [0.25, 0.3) is 0 Å². The Morgan fingerprint density at radius 1 is 1.18 bits per heavy atom. The molecule has 2 aromatic rings. The van der Waals surface area contributed by atoms with E-state index in [2.05, 4.69) is 32.0 Å². The Balaban J connectivity index is 2.40.